The summed E-state index contributed by atoms with van der Waals surface area (Å²) in [5.74, 6) is -1.88. The molecule has 1 N–H and O–H groups in total. The second kappa shape index (κ2) is 8.10. The molecule has 0 heterocycles. The van der Waals surface area contributed by atoms with E-state index >= 15 is 0 Å². The van der Waals surface area contributed by atoms with E-state index < -0.39 is 24.5 Å². The number of hydrogen-bond acceptors (Lipinski definition) is 5. The summed E-state index contributed by atoms with van der Waals surface area (Å²) in [6.07, 6.45) is 0. The average molecular weight is 341 g/mol. The van der Waals surface area contributed by atoms with E-state index in [0.29, 0.717) is 5.69 Å². The van der Waals surface area contributed by atoms with Crippen LogP contribution in [0.4, 0.5) is 5.69 Å². The van der Waals surface area contributed by atoms with E-state index in [1.807, 2.05) is 32.0 Å². The third-order valence-electron chi connectivity index (χ3n) is 3.39. The van der Waals surface area contributed by atoms with Gasteiger partial charge in [-0.25, -0.2) is 9.59 Å². The molecule has 25 heavy (non-hydrogen) atoms. The fraction of sp³-hybridized carbons (Fsp3) is 0.211. The van der Waals surface area contributed by atoms with Gasteiger partial charge in [0.1, 0.15) is 0 Å². The molecule has 0 saturated carbocycles. The molecule has 6 nitrogen and oxygen atoms in total. The second-order valence-electron chi connectivity index (χ2n) is 5.54. The average Bonchev–Trinajstić information content (AvgIpc) is 2.58. The molecule has 0 aliphatic carbocycles. The highest BCUT2D eigenvalue weighted by atomic mass is 16.5. The Morgan fingerprint density at radius 1 is 0.920 bits per heavy atom. The number of rotatable bonds is 5. The topological polar surface area (TPSA) is 81.7 Å². The molecule has 0 spiro atoms. The van der Waals surface area contributed by atoms with Crippen LogP contribution in [0, 0.1) is 13.8 Å². The Bertz CT molecular complexity index is 793. The highest BCUT2D eigenvalue weighted by Crippen LogP contribution is 2.14. The van der Waals surface area contributed by atoms with Crippen molar-refractivity contribution in [2.75, 3.05) is 19.0 Å². The van der Waals surface area contributed by atoms with E-state index in [0.717, 1.165) is 11.1 Å². The van der Waals surface area contributed by atoms with Crippen LogP contribution in [0.15, 0.2) is 42.5 Å². The van der Waals surface area contributed by atoms with Gasteiger partial charge >= 0.3 is 11.9 Å². The molecule has 6 heteroatoms. The minimum absolute atomic E-state index is 0.0496. The monoisotopic (exact) mass is 341 g/mol. The zero-order valence-corrected chi connectivity index (χ0v) is 14.3. The number of benzene rings is 2. The summed E-state index contributed by atoms with van der Waals surface area (Å²) >= 11 is 0. The van der Waals surface area contributed by atoms with Crippen molar-refractivity contribution in [1.82, 2.24) is 0 Å². The summed E-state index contributed by atoms with van der Waals surface area (Å²) in [6, 6.07) is 11.7. The maximum Gasteiger partial charge on any atom is 0.339 e. The molecule has 0 bridgehead atoms. The highest BCUT2D eigenvalue weighted by molar-refractivity contribution is 6.04. The predicted octanol–water partition coefficient (Wildman–Crippen LogP) is 2.89. The second-order valence-corrected chi connectivity index (χ2v) is 5.54. The van der Waals surface area contributed by atoms with Crippen LogP contribution in [-0.4, -0.2) is 31.6 Å². The largest absolute Gasteiger partial charge is 0.465 e. The Balaban J connectivity index is 2.00. The first kappa shape index (κ1) is 18.2. The molecule has 2 aromatic carbocycles. The lowest BCUT2D eigenvalue weighted by Gasteiger charge is -2.10. The standard InChI is InChI=1S/C19H19NO5/c1-12-8-13(2)10-14(9-12)20-17(21)11-25-19(23)16-7-5-4-6-15(16)18(22)24-3/h4-10H,11H2,1-3H3,(H,20,21). The number of hydrogen-bond donors (Lipinski definition) is 1. The van der Waals surface area contributed by atoms with Crippen molar-refractivity contribution in [3.63, 3.8) is 0 Å². The molecule has 0 aliphatic rings. The summed E-state index contributed by atoms with van der Waals surface area (Å²) in [7, 11) is 1.22. The van der Waals surface area contributed by atoms with Crippen LogP contribution in [-0.2, 0) is 14.3 Å². The van der Waals surface area contributed by atoms with Gasteiger partial charge in [-0.1, -0.05) is 18.2 Å². The molecule has 0 radical (unpaired) electrons. The maximum atomic E-state index is 12.1. The van der Waals surface area contributed by atoms with Crippen LogP contribution >= 0.6 is 0 Å². The molecular weight excluding hydrogens is 322 g/mol. The van der Waals surface area contributed by atoms with Crippen molar-refractivity contribution in [1.29, 1.82) is 0 Å². The van der Waals surface area contributed by atoms with E-state index in [9.17, 15) is 14.4 Å². The minimum atomic E-state index is -0.767. The fourth-order valence-corrected chi connectivity index (χ4v) is 2.40. The zero-order valence-electron chi connectivity index (χ0n) is 14.3. The van der Waals surface area contributed by atoms with Gasteiger partial charge in [0.15, 0.2) is 6.61 Å². The molecule has 2 aromatic rings. The number of nitrogens with one attached hydrogen (secondary N) is 1. The van der Waals surface area contributed by atoms with Gasteiger partial charge in [-0.2, -0.15) is 0 Å². The number of carbonyl (C=O) groups excluding carboxylic acids is 3. The summed E-state index contributed by atoms with van der Waals surface area (Å²) < 4.78 is 9.63. The smallest absolute Gasteiger partial charge is 0.339 e. The van der Waals surface area contributed by atoms with Crippen LogP contribution in [0.25, 0.3) is 0 Å². The first-order valence-electron chi connectivity index (χ1n) is 7.63. The van der Waals surface area contributed by atoms with E-state index in [1.165, 1.54) is 19.2 Å². The Hall–Kier alpha value is -3.15. The van der Waals surface area contributed by atoms with Gasteiger partial charge in [0.25, 0.3) is 5.91 Å². The highest BCUT2D eigenvalue weighted by Gasteiger charge is 2.19. The molecule has 0 fully saturated rings. The number of ether oxygens (including phenoxy) is 2. The Morgan fingerprint density at radius 2 is 1.48 bits per heavy atom. The van der Waals surface area contributed by atoms with E-state index in [1.54, 1.807) is 12.1 Å². The van der Waals surface area contributed by atoms with Gasteiger partial charge in [0, 0.05) is 5.69 Å². The third-order valence-corrected chi connectivity index (χ3v) is 3.39. The number of esters is 2. The third kappa shape index (κ3) is 4.91. The van der Waals surface area contributed by atoms with Crippen LogP contribution in [0.1, 0.15) is 31.8 Å². The Labute approximate surface area is 145 Å². The fourth-order valence-electron chi connectivity index (χ4n) is 2.40. The van der Waals surface area contributed by atoms with Gasteiger partial charge in [0.2, 0.25) is 0 Å². The molecule has 1 amide bonds. The van der Waals surface area contributed by atoms with Gasteiger partial charge in [-0.05, 0) is 49.2 Å². The number of anilines is 1. The first-order valence-corrected chi connectivity index (χ1v) is 7.63. The van der Waals surface area contributed by atoms with Crippen LogP contribution in [0.2, 0.25) is 0 Å². The van der Waals surface area contributed by atoms with Crippen molar-refractivity contribution in [2.24, 2.45) is 0 Å². The number of carbonyl (C=O) groups is 3. The van der Waals surface area contributed by atoms with Crippen molar-refractivity contribution in [3.8, 4) is 0 Å². The molecule has 2 rings (SSSR count). The Kier molecular flexibility index (Phi) is 5.89. The van der Waals surface area contributed by atoms with Crippen LogP contribution < -0.4 is 5.32 Å². The quantitative estimate of drug-likeness (QED) is 0.846. The number of aryl methyl sites for hydroxylation is 2. The van der Waals surface area contributed by atoms with Gasteiger partial charge in [-0.15, -0.1) is 0 Å². The SMILES string of the molecule is COC(=O)c1ccccc1C(=O)OCC(=O)Nc1cc(C)cc(C)c1. The summed E-state index contributed by atoms with van der Waals surface area (Å²) in [6.45, 7) is 3.39. The van der Waals surface area contributed by atoms with Crippen molar-refractivity contribution < 1.29 is 23.9 Å². The normalized spacial score (nSPS) is 10.0. The lowest BCUT2D eigenvalue weighted by Crippen LogP contribution is -2.22. The molecule has 130 valence electrons. The van der Waals surface area contributed by atoms with E-state index in [2.05, 4.69) is 10.1 Å². The van der Waals surface area contributed by atoms with Gasteiger partial charge in [-0.3, -0.25) is 4.79 Å². The van der Waals surface area contributed by atoms with Gasteiger partial charge in [0.05, 0.1) is 18.2 Å². The van der Waals surface area contributed by atoms with E-state index in [4.69, 9.17) is 4.74 Å². The number of methoxy groups -OCH3 is 1. The Morgan fingerprint density at radius 3 is 2.04 bits per heavy atom. The minimum Gasteiger partial charge on any atom is -0.465 e. The maximum absolute atomic E-state index is 12.1. The summed E-state index contributed by atoms with van der Waals surface area (Å²) in [5.41, 5.74) is 2.80. The van der Waals surface area contributed by atoms with Crippen LogP contribution in [0.5, 0.6) is 0 Å². The summed E-state index contributed by atoms with van der Waals surface area (Å²) in [4.78, 5) is 35.8. The molecule has 0 saturated heterocycles. The summed E-state index contributed by atoms with van der Waals surface area (Å²) in [5, 5.41) is 2.67. The van der Waals surface area contributed by atoms with Gasteiger partial charge < -0.3 is 14.8 Å². The van der Waals surface area contributed by atoms with Crippen LogP contribution in [0.3, 0.4) is 0 Å². The molecular formula is C19H19NO5. The van der Waals surface area contributed by atoms with E-state index in [-0.39, 0.29) is 11.1 Å². The zero-order chi connectivity index (χ0) is 18.4. The lowest BCUT2D eigenvalue weighted by atomic mass is 10.1. The molecule has 0 aliphatic heterocycles. The molecule has 0 unspecified atom stereocenters. The van der Waals surface area contributed by atoms with Crippen molar-refractivity contribution in [3.05, 3.63) is 64.7 Å². The van der Waals surface area contributed by atoms with Crippen molar-refractivity contribution in [2.45, 2.75) is 13.8 Å². The van der Waals surface area contributed by atoms with Crippen molar-refractivity contribution >= 4 is 23.5 Å². The first-order chi connectivity index (χ1) is 11.9. The molecule has 0 aromatic heterocycles. The number of amides is 1. The lowest BCUT2D eigenvalue weighted by molar-refractivity contribution is -0.119. The molecule has 0 atom stereocenters. The predicted molar refractivity (Wildman–Crippen MR) is 92.6 cm³/mol.